The number of ether oxygens (including phenoxy) is 1. The van der Waals surface area contributed by atoms with Gasteiger partial charge in [0, 0.05) is 19.2 Å². The normalized spacial score (nSPS) is 20.2. The van der Waals surface area contributed by atoms with Crippen LogP contribution in [0.1, 0.15) is 6.42 Å². The van der Waals surface area contributed by atoms with Crippen molar-refractivity contribution in [1.82, 2.24) is 9.97 Å². The van der Waals surface area contributed by atoms with E-state index in [-0.39, 0.29) is 17.8 Å². The Bertz CT molecular complexity index is 396. The summed E-state index contributed by atoms with van der Waals surface area (Å²) in [6, 6.07) is 1.96. The first-order chi connectivity index (χ1) is 7.74. The molecule has 0 bridgehead atoms. The standard InChI is InChI=1S/C10H14N4O2/c1-16-10-12-3-2-8(13-10)14-6-7(5-11)4-9(14)15/h2-3,7H,4-6,11H2,1H3. The summed E-state index contributed by atoms with van der Waals surface area (Å²) in [4.78, 5) is 21.4. The van der Waals surface area contributed by atoms with Crippen LogP contribution in [0.15, 0.2) is 12.3 Å². The van der Waals surface area contributed by atoms with Gasteiger partial charge in [0.1, 0.15) is 5.82 Å². The van der Waals surface area contributed by atoms with E-state index in [0.717, 1.165) is 0 Å². The van der Waals surface area contributed by atoms with Crippen LogP contribution < -0.4 is 15.4 Å². The number of hydrogen-bond acceptors (Lipinski definition) is 5. The topological polar surface area (TPSA) is 81.3 Å². The SMILES string of the molecule is COc1nccc(N2CC(CN)CC2=O)n1. The predicted molar refractivity (Wildman–Crippen MR) is 58.1 cm³/mol. The summed E-state index contributed by atoms with van der Waals surface area (Å²) in [5.74, 6) is 0.845. The average molecular weight is 222 g/mol. The van der Waals surface area contributed by atoms with Gasteiger partial charge in [-0.3, -0.25) is 9.69 Å². The summed E-state index contributed by atoms with van der Waals surface area (Å²) >= 11 is 0. The molecule has 1 atom stereocenters. The lowest BCUT2D eigenvalue weighted by Crippen LogP contribution is -2.26. The molecule has 1 aliphatic rings. The first kappa shape index (κ1) is 10.8. The molecule has 1 saturated heterocycles. The van der Waals surface area contributed by atoms with Crippen molar-refractivity contribution in [3.63, 3.8) is 0 Å². The predicted octanol–water partition coefficient (Wildman–Crippen LogP) is -0.203. The highest BCUT2D eigenvalue weighted by Gasteiger charge is 2.30. The van der Waals surface area contributed by atoms with Crippen molar-refractivity contribution in [2.75, 3.05) is 25.1 Å². The van der Waals surface area contributed by atoms with Gasteiger partial charge in [0.2, 0.25) is 5.91 Å². The quantitative estimate of drug-likeness (QED) is 0.765. The Labute approximate surface area is 93.4 Å². The Balaban J connectivity index is 2.20. The van der Waals surface area contributed by atoms with Gasteiger partial charge in [-0.2, -0.15) is 4.98 Å². The highest BCUT2D eigenvalue weighted by Crippen LogP contribution is 2.23. The Morgan fingerprint density at radius 2 is 2.50 bits per heavy atom. The van der Waals surface area contributed by atoms with E-state index in [1.54, 1.807) is 17.2 Å². The van der Waals surface area contributed by atoms with Crippen LogP contribution in [-0.2, 0) is 4.79 Å². The Hall–Kier alpha value is -1.69. The summed E-state index contributed by atoms with van der Waals surface area (Å²) in [6.45, 7) is 1.14. The molecule has 0 spiro atoms. The summed E-state index contributed by atoms with van der Waals surface area (Å²) in [6.07, 6.45) is 2.06. The van der Waals surface area contributed by atoms with E-state index in [2.05, 4.69) is 9.97 Å². The monoisotopic (exact) mass is 222 g/mol. The molecule has 2 heterocycles. The van der Waals surface area contributed by atoms with E-state index in [1.165, 1.54) is 7.11 Å². The first-order valence-corrected chi connectivity index (χ1v) is 5.12. The minimum absolute atomic E-state index is 0.0520. The number of rotatable bonds is 3. The Morgan fingerprint density at radius 1 is 1.69 bits per heavy atom. The number of methoxy groups -OCH3 is 1. The molecule has 1 fully saturated rings. The van der Waals surface area contributed by atoms with Crippen LogP contribution >= 0.6 is 0 Å². The second-order valence-electron chi connectivity index (χ2n) is 3.71. The number of amides is 1. The zero-order chi connectivity index (χ0) is 11.5. The molecule has 1 aromatic heterocycles. The van der Waals surface area contributed by atoms with Crippen molar-refractivity contribution in [1.29, 1.82) is 0 Å². The fourth-order valence-electron chi connectivity index (χ4n) is 1.74. The number of anilines is 1. The zero-order valence-corrected chi connectivity index (χ0v) is 9.09. The van der Waals surface area contributed by atoms with Gasteiger partial charge in [-0.15, -0.1) is 0 Å². The van der Waals surface area contributed by atoms with E-state index in [1.807, 2.05) is 0 Å². The summed E-state index contributed by atoms with van der Waals surface area (Å²) in [7, 11) is 1.49. The van der Waals surface area contributed by atoms with Crippen LogP contribution in [0.2, 0.25) is 0 Å². The molecule has 86 valence electrons. The number of hydrogen-bond donors (Lipinski definition) is 1. The maximum atomic E-state index is 11.7. The molecule has 0 saturated carbocycles. The van der Waals surface area contributed by atoms with Gasteiger partial charge >= 0.3 is 6.01 Å². The van der Waals surface area contributed by atoms with Crippen LogP contribution in [0, 0.1) is 5.92 Å². The van der Waals surface area contributed by atoms with Crippen molar-refractivity contribution in [2.45, 2.75) is 6.42 Å². The van der Waals surface area contributed by atoms with Gasteiger partial charge in [-0.1, -0.05) is 0 Å². The largest absolute Gasteiger partial charge is 0.467 e. The fourth-order valence-corrected chi connectivity index (χ4v) is 1.74. The molecule has 0 aliphatic carbocycles. The van der Waals surface area contributed by atoms with Crippen molar-refractivity contribution >= 4 is 11.7 Å². The summed E-state index contributed by atoms with van der Waals surface area (Å²) in [5.41, 5.74) is 5.56. The third-order valence-electron chi connectivity index (χ3n) is 2.62. The Morgan fingerprint density at radius 3 is 3.12 bits per heavy atom. The van der Waals surface area contributed by atoms with E-state index in [0.29, 0.717) is 25.3 Å². The van der Waals surface area contributed by atoms with E-state index in [9.17, 15) is 4.79 Å². The van der Waals surface area contributed by atoms with Gasteiger partial charge in [0.25, 0.3) is 0 Å². The molecule has 2 N–H and O–H groups in total. The number of nitrogens with two attached hydrogens (primary N) is 1. The molecular formula is C10H14N4O2. The van der Waals surface area contributed by atoms with E-state index in [4.69, 9.17) is 10.5 Å². The zero-order valence-electron chi connectivity index (χ0n) is 9.09. The van der Waals surface area contributed by atoms with Crippen molar-refractivity contribution < 1.29 is 9.53 Å². The molecule has 0 aromatic carbocycles. The molecule has 6 nitrogen and oxygen atoms in total. The highest BCUT2D eigenvalue weighted by atomic mass is 16.5. The van der Waals surface area contributed by atoms with Crippen LogP contribution in [0.4, 0.5) is 5.82 Å². The lowest BCUT2D eigenvalue weighted by Gasteiger charge is -2.15. The minimum atomic E-state index is 0.0520. The molecular weight excluding hydrogens is 208 g/mol. The molecule has 1 aliphatic heterocycles. The maximum absolute atomic E-state index is 11.7. The van der Waals surface area contributed by atoms with Gasteiger partial charge in [0.15, 0.2) is 0 Å². The van der Waals surface area contributed by atoms with E-state index < -0.39 is 0 Å². The van der Waals surface area contributed by atoms with Crippen LogP contribution in [0.3, 0.4) is 0 Å². The summed E-state index contributed by atoms with van der Waals surface area (Å²) < 4.78 is 4.92. The first-order valence-electron chi connectivity index (χ1n) is 5.12. The second-order valence-corrected chi connectivity index (χ2v) is 3.71. The van der Waals surface area contributed by atoms with Gasteiger partial charge in [0.05, 0.1) is 7.11 Å². The molecule has 1 unspecified atom stereocenters. The molecule has 6 heteroatoms. The number of aromatic nitrogens is 2. The van der Waals surface area contributed by atoms with Gasteiger partial charge in [-0.05, 0) is 18.5 Å². The molecule has 1 amide bonds. The number of carbonyl (C=O) groups is 1. The second kappa shape index (κ2) is 4.44. The third-order valence-corrected chi connectivity index (χ3v) is 2.62. The minimum Gasteiger partial charge on any atom is -0.467 e. The Kier molecular flexibility index (Phi) is 3.00. The summed E-state index contributed by atoms with van der Waals surface area (Å²) in [5, 5.41) is 0. The highest BCUT2D eigenvalue weighted by molar-refractivity contribution is 5.94. The number of carbonyl (C=O) groups excluding carboxylic acids is 1. The molecule has 16 heavy (non-hydrogen) atoms. The lowest BCUT2D eigenvalue weighted by atomic mass is 10.1. The third kappa shape index (κ3) is 1.96. The van der Waals surface area contributed by atoms with Crippen LogP contribution in [0.25, 0.3) is 0 Å². The van der Waals surface area contributed by atoms with Crippen molar-refractivity contribution in [2.24, 2.45) is 11.7 Å². The average Bonchev–Trinajstić information content (AvgIpc) is 2.71. The van der Waals surface area contributed by atoms with Crippen molar-refractivity contribution in [3.05, 3.63) is 12.3 Å². The van der Waals surface area contributed by atoms with Crippen LogP contribution in [0.5, 0.6) is 6.01 Å². The lowest BCUT2D eigenvalue weighted by molar-refractivity contribution is -0.117. The molecule has 2 rings (SSSR count). The van der Waals surface area contributed by atoms with Gasteiger partial charge in [-0.25, -0.2) is 4.98 Å². The number of nitrogens with zero attached hydrogens (tertiary/aromatic N) is 3. The van der Waals surface area contributed by atoms with Crippen LogP contribution in [-0.4, -0.2) is 36.1 Å². The fraction of sp³-hybridized carbons (Fsp3) is 0.500. The molecule has 1 aromatic rings. The maximum Gasteiger partial charge on any atom is 0.318 e. The smallest absolute Gasteiger partial charge is 0.318 e. The molecule has 0 radical (unpaired) electrons. The van der Waals surface area contributed by atoms with Crippen molar-refractivity contribution in [3.8, 4) is 6.01 Å². The van der Waals surface area contributed by atoms with E-state index >= 15 is 0 Å². The van der Waals surface area contributed by atoms with Gasteiger partial charge < -0.3 is 10.5 Å².